The van der Waals surface area contributed by atoms with Crippen LogP contribution < -0.4 is 10.1 Å². The molecule has 1 unspecified atom stereocenters. The monoisotopic (exact) mass is 419 g/mol. The zero-order chi connectivity index (χ0) is 21.5. The lowest BCUT2D eigenvalue weighted by atomic mass is 10.0. The topological polar surface area (TPSA) is 132 Å². The van der Waals surface area contributed by atoms with Crippen LogP contribution in [0.1, 0.15) is 28.8 Å². The van der Waals surface area contributed by atoms with Crippen LogP contribution in [0.5, 0.6) is 6.01 Å². The summed E-state index contributed by atoms with van der Waals surface area (Å²) in [6.07, 6.45) is 3.84. The van der Waals surface area contributed by atoms with Gasteiger partial charge in [-0.05, 0) is 36.2 Å². The van der Waals surface area contributed by atoms with E-state index in [0.29, 0.717) is 29.9 Å². The molecule has 1 fully saturated rings. The van der Waals surface area contributed by atoms with Gasteiger partial charge in [0.25, 0.3) is 5.91 Å². The number of carbonyl (C=O) groups is 3. The van der Waals surface area contributed by atoms with Gasteiger partial charge in [-0.15, -0.1) is 5.10 Å². The molecule has 0 saturated carbocycles. The lowest BCUT2D eigenvalue weighted by Gasteiger charge is -2.29. The number of ether oxygens (including phenoxy) is 1. The molecule has 1 aromatic carbocycles. The number of nitrogens with zero attached hydrogens (tertiary/aromatic N) is 6. The quantitative estimate of drug-likeness (QED) is 0.605. The highest BCUT2D eigenvalue weighted by Gasteiger charge is 2.39. The van der Waals surface area contributed by atoms with E-state index < -0.39 is 11.9 Å². The van der Waals surface area contributed by atoms with Crippen LogP contribution in [0.15, 0.2) is 36.7 Å². The molecule has 0 aliphatic carbocycles. The van der Waals surface area contributed by atoms with Gasteiger partial charge in [-0.25, -0.2) is 9.67 Å². The maximum atomic E-state index is 12.8. The molecule has 4 heterocycles. The number of methoxy groups -OCH3 is 1. The molecule has 0 radical (unpaired) electrons. The summed E-state index contributed by atoms with van der Waals surface area (Å²) >= 11 is 0. The van der Waals surface area contributed by atoms with E-state index >= 15 is 0 Å². The fraction of sp³-hybridized carbons (Fsp3) is 0.250. The van der Waals surface area contributed by atoms with Crippen molar-refractivity contribution in [3.63, 3.8) is 0 Å². The number of amides is 3. The third-order valence-electron chi connectivity index (χ3n) is 5.34. The minimum Gasteiger partial charge on any atom is -0.467 e. The molecule has 2 aliphatic heterocycles. The van der Waals surface area contributed by atoms with Gasteiger partial charge < -0.3 is 9.64 Å². The number of fused-ring (bicyclic) bond motifs is 1. The molecular formula is C20H17N7O4. The number of imide groups is 1. The Hall–Kier alpha value is -4.15. The van der Waals surface area contributed by atoms with Gasteiger partial charge in [0.15, 0.2) is 0 Å². The van der Waals surface area contributed by atoms with Crippen molar-refractivity contribution < 1.29 is 19.1 Å². The Kier molecular flexibility index (Phi) is 4.42. The average molecular weight is 419 g/mol. The van der Waals surface area contributed by atoms with E-state index in [1.54, 1.807) is 35.3 Å². The van der Waals surface area contributed by atoms with Crippen molar-refractivity contribution in [3.05, 3.63) is 47.8 Å². The predicted molar refractivity (Wildman–Crippen MR) is 105 cm³/mol. The van der Waals surface area contributed by atoms with Gasteiger partial charge in [0.1, 0.15) is 11.7 Å². The van der Waals surface area contributed by atoms with Crippen LogP contribution in [-0.2, 0) is 16.1 Å². The van der Waals surface area contributed by atoms with Gasteiger partial charge in [-0.1, -0.05) is 5.21 Å². The highest BCUT2D eigenvalue weighted by Crippen LogP contribution is 2.29. The SMILES string of the molecule is COc1nccc(-c2cn(-c3ccc4c(c3)CN(C3CCC(=O)NC3=O)C4=O)nn2)n1. The van der Waals surface area contributed by atoms with Crippen LogP contribution in [0.3, 0.4) is 0 Å². The van der Waals surface area contributed by atoms with Crippen molar-refractivity contribution in [2.75, 3.05) is 7.11 Å². The Morgan fingerprint density at radius 1 is 1.16 bits per heavy atom. The Morgan fingerprint density at radius 2 is 2.03 bits per heavy atom. The van der Waals surface area contributed by atoms with Crippen LogP contribution in [0, 0.1) is 0 Å². The van der Waals surface area contributed by atoms with Crippen LogP contribution in [-0.4, -0.2) is 60.7 Å². The molecule has 1 saturated heterocycles. The molecule has 3 aromatic rings. The number of hydrogen-bond acceptors (Lipinski definition) is 8. The summed E-state index contributed by atoms with van der Waals surface area (Å²) in [5.74, 6) is -0.960. The average Bonchev–Trinajstić information content (AvgIpc) is 3.39. The van der Waals surface area contributed by atoms with Crippen molar-refractivity contribution in [2.24, 2.45) is 0 Å². The third kappa shape index (κ3) is 3.29. The highest BCUT2D eigenvalue weighted by atomic mass is 16.5. The van der Waals surface area contributed by atoms with E-state index in [1.807, 2.05) is 6.07 Å². The second-order valence-electron chi connectivity index (χ2n) is 7.22. The lowest BCUT2D eigenvalue weighted by Crippen LogP contribution is -2.52. The molecule has 0 spiro atoms. The van der Waals surface area contributed by atoms with Crippen LogP contribution in [0.2, 0.25) is 0 Å². The van der Waals surface area contributed by atoms with E-state index in [4.69, 9.17) is 4.74 Å². The molecule has 31 heavy (non-hydrogen) atoms. The number of hydrogen-bond donors (Lipinski definition) is 1. The molecule has 3 amide bonds. The molecule has 1 N–H and O–H groups in total. The maximum Gasteiger partial charge on any atom is 0.316 e. The van der Waals surface area contributed by atoms with Crippen LogP contribution in [0.25, 0.3) is 17.1 Å². The first kappa shape index (κ1) is 18.9. The van der Waals surface area contributed by atoms with E-state index in [-0.39, 0.29) is 24.2 Å². The molecule has 2 aliphatic rings. The lowest BCUT2D eigenvalue weighted by molar-refractivity contribution is -0.136. The Morgan fingerprint density at radius 3 is 2.84 bits per heavy atom. The summed E-state index contributed by atoms with van der Waals surface area (Å²) < 4.78 is 6.63. The highest BCUT2D eigenvalue weighted by molar-refractivity contribution is 6.05. The first-order chi connectivity index (χ1) is 15.0. The molecule has 11 nitrogen and oxygen atoms in total. The van der Waals surface area contributed by atoms with Gasteiger partial charge >= 0.3 is 6.01 Å². The van der Waals surface area contributed by atoms with Gasteiger partial charge in [-0.2, -0.15) is 4.98 Å². The maximum absolute atomic E-state index is 12.8. The number of piperidine rings is 1. The fourth-order valence-corrected chi connectivity index (χ4v) is 3.79. The van der Waals surface area contributed by atoms with Crippen LogP contribution in [0.4, 0.5) is 0 Å². The first-order valence-electron chi connectivity index (χ1n) is 9.61. The molecular weight excluding hydrogens is 402 g/mol. The summed E-state index contributed by atoms with van der Waals surface area (Å²) in [6, 6.07) is 6.62. The molecule has 11 heteroatoms. The van der Waals surface area contributed by atoms with Crippen molar-refractivity contribution >= 4 is 17.7 Å². The van der Waals surface area contributed by atoms with Gasteiger partial charge in [0.05, 0.1) is 24.7 Å². The van der Waals surface area contributed by atoms with E-state index in [0.717, 1.165) is 11.3 Å². The second kappa shape index (κ2) is 7.27. The number of nitrogens with one attached hydrogen (secondary N) is 1. The van der Waals surface area contributed by atoms with E-state index in [2.05, 4.69) is 25.6 Å². The third-order valence-corrected chi connectivity index (χ3v) is 5.34. The second-order valence-corrected chi connectivity index (χ2v) is 7.22. The minimum absolute atomic E-state index is 0.219. The summed E-state index contributed by atoms with van der Waals surface area (Å²) in [7, 11) is 1.49. The van der Waals surface area contributed by atoms with Crippen molar-refractivity contribution in [1.29, 1.82) is 0 Å². The summed E-state index contributed by atoms with van der Waals surface area (Å²) in [5, 5.41) is 10.6. The largest absolute Gasteiger partial charge is 0.467 e. The fourth-order valence-electron chi connectivity index (χ4n) is 3.79. The zero-order valence-corrected chi connectivity index (χ0v) is 16.5. The molecule has 0 bridgehead atoms. The summed E-state index contributed by atoms with van der Waals surface area (Å²) in [4.78, 5) is 46.2. The smallest absolute Gasteiger partial charge is 0.316 e. The van der Waals surface area contributed by atoms with Gasteiger partial charge in [-0.3, -0.25) is 19.7 Å². The number of benzene rings is 1. The van der Waals surface area contributed by atoms with Gasteiger partial charge in [0.2, 0.25) is 11.8 Å². The predicted octanol–water partition coefficient (Wildman–Crippen LogP) is 0.494. The van der Waals surface area contributed by atoms with Crippen LogP contribution >= 0.6 is 0 Å². The zero-order valence-electron chi connectivity index (χ0n) is 16.5. The number of aromatic nitrogens is 5. The normalized spacial score (nSPS) is 18.2. The van der Waals surface area contributed by atoms with E-state index in [1.165, 1.54) is 12.0 Å². The molecule has 5 rings (SSSR count). The summed E-state index contributed by atoms with van der Waals surface area (Å²) in [5.41, 5.74) is 3.15. The van der Waals surface area contributed by atoms with E-state index in [9.17, 15) is 14.4 Å². The molecule has 1 atom stereocenters. The Bertz CT molecular complexity index is 1220. The standard InChI is InChI=1S/C20H17N7O4/c1-31-20-21-7-6-14(22-20)15-10-27(25-24-15)12-2-3-13-11(8-12)9-26(19(13)30)16-4-5-17(28)23-18(16)29/h2-3,6-8,10,16H,4-5,9H2,1H3,(H,23,28,29). The van der Waals surface area contributed by atoms with Crippen molar-refractivity contribution in [1.82, 2.24) is 35.2 Å². The number of carbonyl (C=O) groups excluding carboxylic acids is 3. The van der Waals surface area contributed by atoms with Crippen molar-refractivity contribution in [3.8, 4) is 23.1 Å². The van der Waals surface area contributed by atoms with Gasteiger partial charge in [0, 0.05) is 24.7 Å². The van der Waals surface area contributed by atoms with Crippen molar-refractivity contribution in [2.45, 2.75) is 25.4 Å². The Balaban J connectivity index is 1.40. The first-order valence-corrected chi connectivity index (χ1v) is 9.61. The molecule has 156 valence electrons. The Labute approximate surface area is 176 Å². The molecule has 2 aromatic heterocycles. The minimum atomic E-state index is -0.647. The summed E-state index contributed by atoms with van der Waals surface area (Å²) in [6.45, 7) is 0.291. The number of rotatable bonds is 4.